The third kappa shape index (κ3) is 3.33. The number of rotatable bonds is 5. The van der Waals surface area contributed by atoms with Crippen LogP contribution in [0.25, 0.3) is 0 Å². The van der Waals surface area contributed by atoms with Crippen LogP contribution in [0.15, 0.2) is 0 Å². The molecule has 1 aliphatic carbocycles. The maximum absolute atomic E-state index is 12.2. The van der Waals surface area contributed by atoms with E-state index in [0.717, 1.165) is 38.8 Å². The highest BCUT2D eigenvalue weighted by Gasteiger charge is 2.59. The number of hydrogen-bond donors (Lipinski definition) is 1. The molecule has 1 saturated heterocycles. The average Bonchev–Trinajstić information content (AvgIpc) is 3.03. The Kier molecular flexibility index (Phi) is 4.40. The molecule has 2 atom stereocenters. The molecule has 2 rings (SSSR count). The predicted molar refractivity (Wildman–Crippen MR) is 77.2 cm³/mol. The summed E-state index contributed by atoms with van der Waals surface area (Å²) in [7, 11) is 0. The van der Waals surface area contributed by atoms with Gasteiger partial charge in [-0.2, -0.15) is 0 Å². The quantitative estimate of drug-likeness (QED) is 0.843. The van der Waals surface area contributed by atoms with Gasteiger partial charge in [0.25, 0.3) is 0 Å². The number of amides is 1. The Hall–Kier alpha value is -1.06. The van der Waals surface area contributed by atoms with E-state index < -0.39 is 5.97 Å². The first kappa shape index (κ1) is 15.3. The van der Waals surface area contributed by atoms with E-state index in [2.05, 4.69) is 20.8 Å². The van der Waals surface area contributed by atoms with Crippen molar-refractivity contribution < 1.29 is 14.7 Å². The largest absolute Gasteiger partial charge is 0.481 e. The number of nitrogens with zero attached hydrogens (tertiary/aromatic N) is 1. The van der Waals surface area contributed by atoms with Gasteiger partial charge in [0, 0.05) is 19.5 Å². The molecule has 2 aliphatic rings. The summed E-state index contributed by atoms with van der Waals surface area (Å²) in [5.74, 6) is 0.506. The van der Waals surface area contributed by atoms with E-state index in [4.69, 9.17) is 5.11 Å². The van der Waals surface area contributed by atoms with Crippen LogP contribution in [-0.2, 0) is 9.59 Å². The van der Waals surface area contributed by atoms with Gasteiger partial charge in [-0.05, 0) is 42.9 Å². The van der Waals surface area contributed by atoms with Crippen molar-refractivity contribution in [1.29, 1.82) is 0 Å². The van der Waals surface area contributed by atoms with Crippen molar-refractivity contribution in [3.8, 4) is 0 Å². The van der Waals surface area contributed by atoms with Crippen LogP contribution in [-0.4, -0.2) is 35.0 Å². The highest BCUT2D eigenvalue weighted by atomic mass is 16.4. The lowest BCUT2D eigenvalue weighted by Gasteiger charge is -2.33. The van der Waals surface area contributed by atoms with E-state index in [0.29, 0.717) is 18.3 Å². The highest BCUT2D eigenvalue weighted by molar-refractivity contribution is 5.77. The van der Waals surface area contributed by atoms with E-state index in [1.54, 1.807) is 0 Å². The van der Waals surface area contributed by atoms with Crippen LogP contribution in [0.4, 0.5) is 0 Å². The molecule has 2 fully saturated rings. The molecule has 0 bridgehead atoms. The SMILES string of the molecule is CC(C)CC(C)CC(=O)N1CCC2(CC1)CC2C(=O)O. The van der Waals surface area contributed by atoms with Crippen LogP contribution in [0.2, 0.25) is 0 Å². The molecule has 1 saturated carbocycles. The van der Waals surface area contributed by atoms with E-state index in [1.165, 1.54) is 0 Å². The van der Waals surface area contributed by atoms with Gasteiger partial charge in [0.2, 0.25) is 5.91 Å². The monoisotopic (exact) mass is 281 g/mol. The van der Waals surface area contributed by atoms with Crippen molar-refractivity contribution in [1.82, 2.24) is 4.90 Å². The number of hydrogen-bond acceptors (Lipinski definition) is 2. The average molecular weight is 281 g/mol. The number of aliphatic carboxylic acids is 1. The Morgan fingerprint density at radius 1 is 1.25 bits per heavy atom. The first-order valence-electron chi connectivity index (χ1n) is 7.84. The van der Waals surface area contributed by atoms with E-state index in [9.17, 15) is 9.59 Å². The van der Waals surface area contributed by atoms with Gasteiger partial charge in [-0.25, -0.2) is 0 Å². The molecule has 0 aromatic heterocycles. The van der Waals surface area contributed by atoms with Gasteiger partial charge < -0.3 is 10.0 Å². The van der Waals surface area contributed by atoms with Gasteiger partial charge in [0.15, 0.2) is 0 Å². The molecule has 1 aliphatic heterocycles. The molecule has 0 radical (unpaired) electrons. The molecular weight excluding hydrogens is 254 g/mol. The number of carboxylic acids is 1. The van der Waals surface area contributed by atoms with Crippen molar-refractivity contribution in [2.45, 2.75) is 52.9 Å². The fraction of sp³-hybridized carbons (Fsp3) is 0.875. The predicted octanol–water partition coefficient (Wildman–Crippen LogP) is 2.77. The fourth-order valence-corrected chi connectivity index (χ4v) is 3.77. The lowest BCUT2D eigenvalue weighted by Crippen LogP contribution is -2.40. The van der Waals surface area contributed by atoms with E-state index in [-0.39, 0.29) is 17.2 Å². The first-order valence-corrected chi connectivity index (χ1v) is 7.84. The topological polar surface area (TPSA) is 57.6 Å². The van der Waals surface area contributed by atoms with Crippen molar-refractivity contribution in [2.75, 3.05) is 13.1 Å². The molecule has 2 unspecified atom stereocenters. The smallest absolute Gasteiger partial charge is 0.307 e. The Labute approximate surface area is 121 Å². The third-order valence-electron chi connectivity index (χ3n) is 5.00. The Balaban J connectivity index is 1.77. The number of piperidine rings is 1. The van der Waals surface area contributed by atoms with Gasteiger partial charge in [-0.1, -0.05) is 20.8 Å². The number of carboxylic acid groups (broad SMARTS) is 1. The zero-order valence-corrected chi connectivity index (χ0v) is 12.9. The lowest BCUT2D eigenvalue weighted by molar-refractivity contribution is -0.140. The minimum atomic E-state index is -0.657. The summed E-state index contributed by atoms with van der Waals surface area (Å²) in [5, 5.41) is 9.07. The Morgan fingerprint density at radius 2 is 1.85 bits per heavy atom. The minimum absolute atomic E-state index is 0.0200. The van der Waals surface area contributed by atoms with Crippen LogP contribution in [0.5, 0.6) is 0 Å². The minimum Gasteiger partial charge on any atom is -0.481 e. The maximum atomic E-state index is 12.2. The molecule has 0 aromatic rings. The fourth-order valence-electron chi connectivity index (χ4n) is 3.77. The van der Waals surface area contributed by atoms with Crippen LogP contribution in [0.1, 0.15) is 52.9 Å². The molecule has 1 N–H and O–H groups in total. The van der Waals surface area contributed by atoms with Gasteiger partial charge in [-0.15, -0.1) is 0 Å². The second-order valence-electron chi connectivity index (χ2n) is 7.28. The van der Waals surface area contributed by atoms with E-state index in [1.807, 2.05) is 4.90 Å². The summed E-state index contributed by atoms with van der Waals surface area (Å²) >= 11 is 0. The van der Waals surface area contributed by atoms with Gasteiger partial charge >= 0.3 is 5.97 Å². The molecule has 1 heterocycles. The summed E-state index contributed by atoms with van der Waals surface area (Å²) in [6, 6.07) is 0. The Morgan fingerprint density at radius 3 is 2.30 bits per heavy atom. The van der Waals surface area contributed by atoms with Crippen molar-refractivity contribution in [2.24, 2.45) is 23.2 Å². The zero-order chi connectivity index (χ0) is 14.9. The third-order valence-corrected chi connectivity index (χ3v) is 5.00. The molecule has 4 heteroatoms. The molecular formula is C16H27NO3. The standard InChI is InChI=1S/C16H27NO3/c1-11(2)8-12(3)9-14(18)17-6-4-16(5-7-17)10-13(16)15(19)20/h11-13H,4-10H2,1-3H3,(H,19,20). The lowest BCUT2D eigenvalue weighted by atomic mass is 9.90. The molecule has 1 spiro atoms. The van der Waals surface area contributed by atoms with Gasteiger partial charge in [-0.3, -0.25) is 9.59 Å². The van der Waals surface area contributed by atoms with Crippen molar-refractivity contribution >= 4 is 11.9 Å². The van der Waals surface area contributed by atoms with E-state index >= 15 is 0 Å². The second kappa shape index (κ2) is 5.74. The second-order valence-corrected chi connectivity index (χ2v) is 7.28. The molecule has 0 aromatic carbocycles. The summed E-state index contributed by atoms with van der Waals surface area (Å²) in [6.07, 6.45) is 4.27. The van der Waals surface area contributed by atoms with Gasteiger partial charge in [0.1, 0.15) is 0 Å². The summed E-state index contributed by atoms with van der Waals surface area (Å²) in [6.45, 7) is 8.01. The Bertz CT molecular complexity index is 383. The van der Waals surface area contributed by atoms with Gasteiger partial charge in [0.05, 0.1) is 5.92 Å². The molecule has 20 heavy (non-hydrogen) atoms. The maximum Gasteiger partial charge on any atom is 0.307 e. The normalized spacial score (nSPS) is 25.8. The summed E-state index contributed by atoms with van der Waals surface area (Å²) in [5.41, 5.74) is 0.0200. The van der Waals surface area contributed by atoms with Crippen LogP contribution < -0.4 is 0 Å². The highest BCUT2D eigenvalue weighted by Crippen LogP contribution is 2.59. The summed E-state index contributed by atoms with van der Waals surface area (Å²) < 4.78 is 0. The zero-order valence-electron chi connectivity index (χ0n) is 12.9. The van der Waals surface area contributed by atoms with Crippen molar-refractivity contribution in [3.63, 3.8) is 0 Å². The molecule has 114 valence electrons. The number of carbonyl (C=O) groups is 2. The first-order chi connectivity index (χ1) is 9.34. The number of likely N-dealkylation sites (tertiary alicyclic amines) is 1. The summed E-state index contributed by atoms with van der Waals surface area (Å²) in [4.78, 5) is 25.2. The molecule has 4 nitrogen and oxygen atoms in total. The van der Waals surface area contributed by atoms with Crippen LogP contribution >= 0.6 is 0 Å². The van der Waals surface area contributed by atoms with Crippen molar-refractivity contribution in [3.05, 3.63) is 0 Å². The molecule has 1 amide bonds. The number of carbonyl (C=O) groups excluding carboxylic acids is 1. The van der Waals surface area contributed by atoms with Crippen LogP contribution in [0, 0.1) is 23.2 Å². The van der Waals surface area contributed by atoms with Crippen LogP contribution in [0.3, 0.4) is 0 Å².